The first-order valence-corrected chi connectivity index (χ1v) is 10.0. The van der Waals surface area contributed by atoms with Gasteiger partial charge in [-0.2, -0.15) is 0 Å². The van der Waals surface area contributed by atoms with Crippen LogP contribution in [0.2, 0.25) is 0 Å². The average molecular weight is 398 g/mol. The maximum Gasteiger partial charge on any atom is 0.264 e. The fourth-order valence-electron chi connectivity index (χ4n) is 3.34. The number of thiazole rings is 1. The molecule has 1 aliphatic rings. The van der Waals surface area contributed by atoms with E-state index in [1.807, 2.05) is 24.3 Å². The van der Waals surface area contributed by atoms with Gasteiger partial charge < -0.3 is 14.2 Å². The second-order valence-electron chi connectivity index (χ2n) is 6.58. The molecule has 28 heavy (non-hydrogen) atoms. The van der Waals surface area contributed by atoms with E-state index < -0.39 is 0 Å². The van der Waals surface area contributed by atoms with Crippen LogP contribution in [-0.2, 0) is 4.74 Å². The molecule has 1 amide bonds. The summed E-state index contributed by atoms with van der Waals surface area (Å²) < 4.78 is 17.6. The highest BCUT2D eigenvalue weighted by atomic mass is 32.1. The molecule has 1 atom stereocenters. The minimum Gasteiger partial charge on any atom is -0.497 e. The third-order valence-electron chi connectivity index (χ3n) is 4.81. The molecule has 0 radical (unpaired) electrons. The highest BCUT2D eigenvalue weighted by Crippen LogP contribution is 2.33. The summed E-state index contributed by atoms with van der Waals surface area (Å²) in [5.41, 5.74) is 1.32. The lowest BCUT2D eigenvalue weighted by Gasteiger charge is -2.24. The highest BCUT2D eigenvalue weighted by Gasteiger charge is 2.29. The van der Waals surface area contributed by atoms with Gasteiger partial charge in [-0.15, -0.1) is 0 Å². The molecule has 0 N–H and O–H groups in total. The van der Waals surface area contributed by atoms with Gasteiger partial charge in [-0.25, -0.2) is 4.98 Å². The predicted molar refractivity (Wildman–Crippen MR) is 110 cm³/mol. The van der Waals surface area contributed by atoms with Crippen LogP contribution in [0.5, 0.6) is 11.5 Å². The van der Waals surface area contributed by atoms with Gasteiger partial charge in [0.15, 0.2) is 5.13 Å². The summed E-state index contributed by atoms with van der Waals surface area (Å²) in [6.07, 6.45) is 1.95. The average Bonchev–Trinajstić information content (AvgIpc) is 3.40. The molecule has 1 saturated heterocycles. The molecule has 1 fully saturated rings. The topological polar surface area (TPSA) is 60.9 Å². The number of carbonyl (C=O) groups is 1. The van der Waals surface area contributed by atoms with E-state index in [4.69, 9.17) is 19.2 Å². The summed E-state index contributed by atoms with van der Waals surface area (Å²) in [6.45, 7) is 1.19. The Kier molecular flexibility index (Phi) is 5.45. The number of ether oxygens (including phenoxy) is 3. The van der Waals surface area contributed by atoms with Crippen LogP contribution < -0.4 is 14.4 Å². The van der Waals surface area contributed by atoms with Crippen molar-refractivity contribution in [3.63, 3.8) is 0 Å². The minimum absolute atomic E-state index is 0.00700. The zero-order valence-corrected chi connectivity index (χ0v) is 16.7. The first kappa shape index (κ1) is 18.7. The summed E-state index contributed by atoms with van der Waals surface area (Å²) in [4.78, 5) is 20.0. The quantitative estimate of drug-likeness (QED) is 0.625. The Bertz CT molecular complexity index is 948. The zero-order valence-electron chi connectivity index (χ0n) is 15.9. The Balaban J connectivity index is 1.75. The smallest absolute Gasteiger partial charge is 0.264 e. The molecule has 2 heterocycles. The molecule has 0 spiro atoms. The van der Waals surface area contributed by atoms with E-state index in [-0.39, 0.29) is 12.0 Å². The molecule has 0 bridgehead atoms. The first-order chi connectivity index (χ1) is 13.7. The number of benzene rings is 2. The molecule has 2 aromatic carbocycles. The van der Waals surface area contributed by atoms with E-state index in [2.05, 4.69) is 0 Å². The van der Waals surface area contributed by atoms with E-state index in [1.54, 1.807) is 37.3 Å². The van der Waals surface area contributed by atoms with Crippen LogP contribution in [0.25, 0.3) is 10.2 Å². The molecule has 6 nitrogen and oxygen atoms in total. The summed E-state index contributed by atoms with van der Waals surface area (Å²) in [5, 5.41) is 0.659. The summed E-state index contributed by atoms with van der Waals surface area (Å²) >= 11 is 1.50. The van der Waals surface area contributed by atoms with E-state index in [1.165, 1.54) is 11.3 Å². The number of fused-ring (bicyclic) bond motifs is 1. The maximum absolute atomic E-state index is 13.6. The molecule has 1 aliphatic heterocycles. The second-order valence-corrected chi connectivity index (χ2v) is 7.59. The number of carbonyl (C=O) groups excluding carboxylic acids is 1. The van der Waals surface area contributed by atoms with E-state index in [9.17, 15) is 4.79 Å². The van der Waals surface area contributed by atoms with Crippen molar-refractivity contribution in [3.8, 4) is 11.5 Å². The first-order valence-electron chi connectivity index (χ1n) is 9.20. The van der Waals surface area contributed by atoms with Gasteiger partial charge in [0.05, 0.1) is 42.6 Å². The summed E-state index contributed by atoms with van der Waals surface area (Å²) in [7, 11) is 3.13. The van der Waals surface area contributed by atoms with Crippen molar-refractivity contribution in [2.24, 2.45) is 0 Å². The van der Waals surface area contributed by atoms with Crippen molar-refractivity contribution in [1.29, 1.82) is 0 Å². The Labute approximate surface area is 167 Å². The number of hydrogen-bond donors (Lipinski definition) is 0. The second kappa shape index (κ2) is 8.16. The molecular weight excluding hydrogens is 376 g/mol. The van der Waals surface area contributed by atoms with Gasteiger partial charge in [0.25, 0.3) is 5.91 Å². The zero-order chi connectivity index (χ0) is 19.5. The lowest BCUT2D eigenvalue weighted by Crippen LogP contribution is -2.37. The largest absolute Gasteiger partial charge is 0.497 e. The number of amides is 1. The lowest BCUT2D eigenvalue weighted by molar-refractivity contribution is 0.0914. The highest BCUT2D eigenvalue weighted by molar-refractivity contribution is 7.22. The van der Waals surface area contributed by atoms with Crippen molar-refractivity contribution < 1.29 is 19.0 Å². The number of hydrogen-bond acceptors (Lipinski definition) is 6. The van der Waals surface area contributed by atoms with Crippen LogP contribution in [0.15, 0.2) is 42.5 Å². The number of methoxy groups -OCH3 is 2. The van der Waals surface area contributed by atoms with Gasteiger partial charge in [0, 0.05) is 6.61 Å². The Morgan fingerprint density at radius 1 is 1.25 bits per heavy atom. The third kappa shape index (κ3) is 3.68. The third-order valence-corrected chi connectivity index (χ3v) is 5.87. The van der Waals surface area contributed by atoms with Crippen LogP contribution in [0, 0.1) is 0 Å². The van der Waals surface area contributed by atoms with Crippen LogP contribution >= 0.6 is 11.3 Å². The van der Waals surface area contributed by atoms with Crippen LogP contribution in [-0.4, -0.2) is 44.4 Å². The van der Waals surface area contributed by atoms with Gasteiger partial charge in [0.1, 0.15) is 11.5 Å². The Morgan fingerprint density at radius 2 is 2.11 bits per heavy atom. The summed E-state index contributed by atoms with van der Waals surface area (Å²) in [5.74, 6) is 0.931. The van der Waals surface area contributed by atoms with Crippen molar-refractivity contribution in [3.05, 3.63) is 48.0 Å². The lowest BCUT2D eigenvalue weighted by atomic mass is 10.1. The molecular formula is C21H22N2O4S. The molecule has 146 valence electrons. The predicted octanol–water partition coefficient (Wildman–Crippen LogP) is 4.14. The van der Waals surface area contributed by atoms with E-state index >= 15 is 0 Å². The van der Waals surface area contributed by atoms with Gasteiger partial charge in [-0.1, -0.05) is 23.5 Å². The molecule has 3 aromatic rings. The SMILES string of the molecule is COc1ccc(OC)c(C(=O)N(CC2CCCO2)c2nc3ccccc3s2)c1. The number of anilines is 1. The van der Waals surface area contributed by atoms with Crippen molar-refractivity contribution in [1.82, 2.24) is 4.98 Å². The molecule has 7 heteroatoms. The monoisotopic (exact) mass is 398 g/mol. The van der Waals surface area contributed by atoms with Gasteiger partial charge in [0.2, 0.25) is 0 Å². The molecule has 0 aliphatic carbocycles. The summed E-state index contributed by atoms with van der Waals surface area (Å²) in [6, 6.07) is 13.1. The van der Waals surface area contributed by atoms with E-state index in [0.29, 0.717) is 28.7 Å². The molecule has 0 saturated carbocycles. The van der Waals surface area contributed by atoms with Crippen molar-refractivity contribution >= 4 is 32.6 Å². The van der Waals surface area contributed by atoms with Gasteiger partial charge in [-0.3, -0.25) is 9.69 Å². The van der Waals surface area contributed by atoms with Crippen LogP contribution in [0.1, 0.15) is 23.2 Å². The minimum atomic E-state index is -0.176. The van der Waals surface area contributed by atoms with Crippen molar-refractivity contribution in [2.45, 2.75) is 18.9 Å². The van der Waals surface area contributed by atoms with Crippen LogP contribution in [0.4, 0.5) is 5.13 Å². The normalized spacial score (nSPS) is 16.3. The maximum atomic E-state index is 13.6. The fraction of sp³-hybridized carbons (Fsp3) is 0.333. The standard InChI is InChI=1S/C21H22N2O4S/c1-25-14-9-10-18(26-2)16(12-14)20(24)23(13-15-6-5-11-27-15)21-22-17-7-3-4-8-19(17)28-21/h3-4,7-10,12,15H,5-6,11,13H2,1-2H3. The Morgan fingerprint density at radius 3 is 2.82 bits per heavy atom. The number of nitrogens with zero attached hydrogens (tertiary/aromatic N) is 2. The fourth-order valence-corrected chi connectivity index (χ4v) is 4.32. The Hall–Kier alpha value is -2.64. The van der Waals surface area contributed by atoms with E-state index in [0.717, 1.165) is 29.7 Å². The molecule has 1 aromatic heterocycles. The van der Waals surface area contributed by atoms with Gasteiger partial charge in [-0.05, 0) is 43.2 Å². The van der Waals surface area contributed by atoms with Gasteiger partial charge >= 0.3 is 0 Å². The van der Waals surface area contributed by atoms with Crippen molar-refractivity contribution in [2.75, 3.05) is 32.3 Å². The van der Waals surface area contributed by atoms with Crippen LogP contribution in [0.3, 0.4) is 0 Å². The number of aromatic nitrogens is 1. The molecule has 1 unspecified atom stereocenters. The number of para-hydroxylation sites is 1. The molecule has 4 rings (SSSR count). The number of rotatable bonds is 6.